The van der Waals surface area contributed by atoms with Gasteiger partial charge in [0, 0.05) is 24.3 Å². The Kier molecular flexibility index (Phi) is 3.69. The standard InChI is InChI=1S/C14H18N2O/c1-3-15-13(10(2)17)8-14-12-7-5-4-6-11(12)9-16-14/h4-7,9,12-13,15H,3,8H2,1-2H3. The van der Waals surface area contributed by atoms with Crippen molar-refractivity contribution in [1.82, 2.24) is 5.32 Å². The summed E-state index contributed by atoms with van der Waals surface area (Å²) in [5.41, 5.74) is 2.31. The molecule has 3 heteroatoms. The predicted octanol–water partition coefficient (Wildman–Crippen LogP) is 2.02. The van der Waals surface area contributed by atoms with E-state index in [1.807, 2.05) is 25.3 Å². The Bertz CT molecular complexity index is 430. The molecule has 2 unspecified atom stereocenters. The molecule has 0 aromatic rings. The van der Waals surface area contributed by atoms with E-state index in [2.05, 4.69) is 22.5 Å². The van der Waals surface area contributed by atoms with Crippen molar-refractivity contribution < 1.29 is 4.79 Å². The first-order valence-corrected chi connectivity index (χ1v) is 6.07. The van der Waals surface area contributed by atoms with Gasteiger partial charge in [0.15, 0.2) is 0 Å². The highest BCUT2D eigenvalue weighted by Crippen LogP contribution is 2.27. The van der Waals surface area contributed by atoms with Gasteiger partial charge >= 0.3 is 0 Å². The Hall–Kier alpha value is -1.48. The molecular weight excluding hydrogens is 212 g/mol. The molecule has 0 radical (unpaired) electrons. The average Bonchev–Trinajstić information content (AvgIpc) is 2.72. The molecule has 0 amide bonds. The number of allylic oxidation sites excluding steroid dienone is 5. The normalized spacial score (nSPS) is 23.1. The number of nitrogens with one attached hydrogen (secondary N) is 1. The summed E-state index contributed by atoms with van der Waals surface area (Å²) >= 11 is 0. The topological polar surface area (TPSA) is 41.5 Å². The van der Waals surface area contributed by atoms with Crippen LogP contribution in [0.25, 0.3) is 0 Å². The van der Waals surface area contributed by atoms with Gasteiger partial charge in [-0.05, 0) is 19.0 Å². The molecule has 0 saturated heterocycles. The lowest BCUT2D eigenvalue weighted by Gasteiger charge is -2.19. The number of nitrogens with zero attached hydrogens (tertiary/aromatic N) is 1. The highest BCUT2D eigenvalue weighted by molar-refractivity contribution is 5.98. The molecule has 0 fully saturated rings. The van der Waals surface area contributed by atoms with Crippen molar-refractivity contribution in [3.8, 4) is 0 Å². The largest absolute Gasteiger partial charge is 0.307 e. The molecule has 0 bridgehead atoms. The van der Waals surface area contributed by atoms with Gasteiger partial charge in [0.1, 0.15) is 5.78 Å². The summed E-state index contributed by atoms with van der Waals surface area (Å²) < 4.78 is 0. The van der Waals surface area contributed by atoms with Crippen LogP contribution in [0.2, 0.25) is 0 Å². The number of hydrogen-bond acceptors (Lipinski definition) is 3. The minimum atomic E-state index is -0.106. The van der Waals surface area contributed by atoms with Crippen LogP contribution in [-0.2, 0) is 4.79 Å². The quantitative estimate of drug-likeness (QED) is 0.785. The van der Waals surface area contributed by atoms with Crippen molar-refractivity contribution in [3.63, 3.8) is 0 Å². The Morgan fingerprint density at radius 1 is 1.53 bits per heavy atom. The van der Waals surface area contributed by atoms with Gasteiger partial charge in [0.25, 0.3) is 0 Å². The van der Waals surface area contributed by atoms with Crippen LogP contribution in [0.5, 0.6) is 0 Å². The zero-order valence-electron chi connectivity index (χ0n) is 10.3. The van der Waals surface area contributed by atoms with E-state index < -0.39 is 0 Å². The van der Waals surface area contributed by atoms with Crippen LogP contribution < -0.4 is 5.32 Å². The van der Waals surface area contributed by atoms with Crippen LogP contribution >= 0.6 is 0 Å². The second kappa shape index (κ2) is 5.23. The molecule has 90 valence electrons. The van der Waals surface area contributed by atoms with Gasteiger partial charge in [0.05, 0.1) is 6.04 Å². The Labute approximate surface area is 102 Å². The van der Waals surface area contributed by atoms with Crippen molar-refractivity contribution in [2.24, 2.45) is 10.9 Å². The number of hydrogen-bond donors (Lipinski definition) is 1. The molecule has 1 heterocycles. The smallest absolute Gasteiger partial charge is 0.147 e. The maximum Gasteiger partial charge on any atom is 0.147 e. The van der Waals surface area contributed by atoms with Crippen LogP contribution in [0.4, 0.5) is 0 Å². The first-order valence-electron chi connectivity index (χ1n) is 6.07. The number of Topliss-reactive ketones (excluding diaryl/α,β-unsaturated/α-hetero) is 1. The van der Waals surface area contributed by atoms with E-state index in [4.69, 9.17) is 0 Å². The van der Waals surface area contributed by atoms with E-state index in [0.29, 0.717) is 6.42 Å². The fourth-order valence-corrected chi connectivity index (χ4v) is 2.22. The first-order chi connectivity index (χ1) is 8.22. The summed E-state index contributed by atoms with van der Waals surface area (Å²) in [6.45, 7) is 4.45. The predicted molar refractivity (Wildman–Crippen MR) is 70.1 cm³/mol. The van der Waals surface area contributed by atoms with E-state index in [1.54, 1.807) is 6.92 Å². The maximum atomic E-state index is 11.5. The van der Waals surface area contributed by atoms with Crippen molar-refractivity contribution in [2.45, 2.75) is 26.3 Å². The molecule has 3 nitrogen and oxygen atoms in total. The fourth-order valence-electron chi connectivity index (χ4n) is 2.22. The number of aliphatic imine (C=N–C) groups is 1. The molecule has 1 N–H and O–H groups in total. The lowest BCUT2D eigenvalue weighted by molar-refractivity contribution is -0.118. The summed E-state index contributed by atoms with van der Waals surface area (Å²) in [6.07, 6.45) is 10.9. The molecule has 0 spiro atoms. The van der Waals surface area contributed by atoms with E-state index in [1.165, 1.54) is 5.57 Å². The number of fused-ring (bicyclic) bond motifs is 1. The average molecular weight is 230 g/mol. The third kappa shape index (κ3) is 2.61. The molecule has 2 atom stereocenters. The lowest BCUT2D eigenvalue weighted by atomic mass is 9.89. The van der Waals surface area contributed by atoms with E-state index in [0.717, 1.165) is 12.3 Å². The molecule has 0 saturated carbocycles. The number of carbonyl (C=O) groups is 1. The summed E-state index contributed by atoms with van der Waals surface area (Å²) in [5, 5.41) is 3.21. The van der Waals surface area contributed by atoms with E-state index >= 15 is 0 Å². The maximum absolute atomic E-state index is 11.5. The zero-order chi connectivity index (χ0) is 12.3. The van der Waals surface area contributed by atoms with E-state index in [9.17, 15) is 4.79 Å². The number of likely N-dealkylation sites (N-methyl/N-ethyl adjacent to an activating group) is 1. The minimum absolute atomic E-state index is 0.106. The number of carbonyl (C=O) groups excluding carboxylic acids is 1. The van der Waals surface area contributed by atoms with Gasteiger partial charge < -0.3 is 5.32 Å². The van der Waals surface area contributed by atoms with Crippen molar-refractivity contribution in [3.05, 3.63) is 36.1 Å². The minimum Gasteiger partial charge on any atom is -0.307 e. The van der Waals surface area contributed by atoms with Gasteiger partial charge in [-0.3, -0.25) is 9.79 Å². The van der Waals surface area contributed by atoms with Gasteiger partial charge in [0.2, 0.25) is 0 Å². The highest BCUT2D eigenvalue weighted by Gasteiger charge is 2.26. The molecule has 1 aliphatic heterocycles. The summed E-state index contributed by atoms with van der Waals surface area (Å²) in [4.78, 5) is 16.0. The molecule has 1 aliphatic carbocycles. The van der Waals surface area contributed by atoms with Crippen LogP contribution in [0, 0.1) is 5.92 Å². The van der Waals surface area contributed by atoms with Crippen LogP contribution in [0.15, 0.2) is 41.1 Å². The Balaban J connectivity index is 2.03. The zero-order valence-corrected chi connectivity index (χ0v) is 10.3. The second-order valence-corrected chi connectivity index (χ2v) is 4.40. The summed E-state index contributed by atoms with van der Waals surface area (Å²) in [5.74, 6) is 0.457. The molecule has 17 heavy (non-hydrogen) atoms. The van der Waals surface area contributed by atoms with Crippen molar-refractivity contribution in [1.29, 1.82) is 0 Å². The molecule has 0 aromatic heterocycles. The second-order valence-electron chi connectivity index (χ2n) is 4.40. The number of ketones is 1. The molecule has 2 aliphatic rings. The summed E-state index contributed by atoms with van der Waals surface area (Å²) in [7, 11) is 0. The third-order valence-corrected chi connectivity index (χ3v) is 3.16. The van der Waals surface area contributed by atoms with Gasteiger partial charge in [-0.1, -0.05) is 31.2 Å². The highest BCUT2D eigenvalue weighted by atomic mass is 16.1. The van der Waals surface area contributed by atoms with Crippen LogP contribution in [0.1, 0.15) is 20.3 Å². The SMILES string of the molecule is CCNC(CC1=NC=C2C=CC=CC21)C(C)=O. The van der Waals surface area contributed by atoms with Crippen LogP contribution in [0.3, 0.4) is 0 Å². The molecule has 0 aromatic carbocycles. The summed E-state index contributed by atoms with van der Waals surface area (Å²) in [6, 6.07) is -0.106. The van der Waals surface area contributed by atoms with Gasteiger partial charge in [-0.15, -0.1) is 0 Å². The monoisotopic (exact) mass is 230 g/mol. The lowest BCUT2D eigenvalue weighted by Crippen LogP contribution is -2.38. The Morgan fingerprint density at radius 3 is 3.06 bits per heavy atom. The van der Waals surface area contributed by atoms with Crippen molar-refractivity contribution >= 4 is 11.5 Å². The van der Waals surface area contributed by atoms with Gasteiger partial charge in [-0.25, -0.2) is 0 Å². The van der Waals surface area contributed by atoms with Gasteiger partial charge in [-0.2, -0.15) is 0 Å². The van der Waals surface area contributed by atoms with Crippen LogP contribution in [-0.4, -0.2) is 24.1 Å². The molecular formula is C14H18N2O. The van der Waals surface area contributed by atoms with Crippen molar-refractivity contribution in [2.75, 3.05) is 6.54 Å². The molecule has 2 rings (SSSR count). The number of rotatable bonds is 5. The first kappa shape index (κ1) is 12.0. The Morgan fingerprint density at radius 2 is 2.35 bits per heavy atom. The van der Waals surface area contributed by atoms with E-state index in [-0.39, 0.29) is 17.7 Å². The third-order valence-electron chi connectivity index (χ3n) is 3.16. The fraction of sp³-hybridized carbons (Fsp3) is 0.429.